The number of nitrogens with one attached hydrogen (secondary N) is 1. The monoisotopic (exact) mass is 523 g/mol. The number of aryl methyl sites for hydroxylation is 1. The van der Waals surface area contributed by atoms with E-state index in [-0.39, 0.29) is 11.2 Å². The molecule has 1 aliphatic rings. The first-order valence-electron chi connectivity index (χ1n) is 11.7. The zero-order valence-corrected chi connectivity index (χ0v) is 20.5. The van der Waals surface area contributed by atoms with E-state index in [9.17, 15) is 23.2 Å². The number of alkyl halides is 3. The second-order valence-electron chi connectivity index (χ2n) is 9.13. The van der Waals surface area contributed by atoms with Crippen LogP contribution in [0.3, 0.4) is 0 Å². The molecule has 5 rings (SSSR count). The lowest BCUT2D eigenvalue weighted by atomic mass is 9.98. The van der Waals surface area contributed by atoms with Gasteiger partial charge < -0.3 is 5.32 Å². The topological polar surface area (TPSA) is 83.1 Å². The van der Waals surface area contributed by atoms with Crippen LogP contribution in [0.5, 0.6) is 0 Å². The number of aromatic nitrogens is 3. The number of nitriles is 1. The van der Waals surface area contributed by atoms with Crippen LogP contribution in [0.4, 0.5) is 13.2 Å². The van der Waals surface area contributed by atoms with Gasteiger partial charge in [0.2, 0.25) is 0 Å². The lowest BCUT2D eigenvalue weighted by Crippen LogP contribution is -2.45. The zero-order valence-electron chi connectivity index (χ0n) is 19.7. The highest BCUT2D eigenvalue weighted by atomic mass is 35.5. The van der Waals surface area contributed by atoms with Gasteiger partial charge in [0, 0.05) is 27.9 Å². The van der Waals surface area contributed by atoms with Crippen LogP contribution >= 0.6 is 11.6 Å². The van der Waals surface area contributed by atoms with Crippen molar-refractivity contribution in [1.29, 1.82) is 5.26 Å². The molecule has 0 unspecified atom stereocenters. The molecule has 0 aliphatic heterocycles. The van der Waals surface area contributed by atoms with Crippen LogP contribution in [0.2, 0.25) is 5.02 Å². The minimum atomic E-state index is -4.48. The second-order valence-corrected chi connectivity index (χ2v) is 9.53. The van der Waals surface area contributed by atoms with E-state index >= 15 is 0 Å². The molecule has 0 bridgehead atoms. The number of hydrogen-bond acceptors (Lipinski definition) is 4. The summed E-state index contributed by atoms with van der Waals surface area (Å²) in [5.41, 5.74) is 1.12. The van der Waals surface area contributed by atoms with E-state index in [4.69, 9.17) is 11.6 Å². The standard InChI is InChI=1S/C27H21ClF3N5O/c1-16-22(25(37)34-26(15-32)12-4-5-13-26)24-33-14-20(19-6-2-3-7-21(19)28)23(36(24)35-16)17-8-10-18(11-9-17)27(29,30)31/h2-3,6-11,14H,4-5,12-13H2,1H3,(H,34,37). The fourth-order valence-corrected chi connectivity index (χ4v) is 5.09. The summed E-state index contributed by atoms with van der Waals surface area (Å²) in [5, 5.41) is 17.6. The average Bonchev–Trinajstić information content (AvgIpc) is 3.47. The van der Waals surface area contributed by atoms with E-state index in [1.807, 2.05) is 0 Å². The summed E-state index contributed by atoms with van der Waals surface area (Å²) in [7, 11) is 0. The molecule has 0 saturated heterocycles. The van der Waals surface area contributed by atoms with Gasteiger partial charge in [0.25, 0.3) is 5.91 Å². The quantitative estimate of drug-likeness (QED) is 0.326. The lowest BCUT2D eigenvalue weighted by molar-refractivity contribution is -0.137. The Kier molecular flexibility index (Phi) is 6.16. The maximum absolute atomic E-state index is 13.4. The van der Waals surface area contributed by atoms with Gasteiger partial charge in [-0.05, 0) is 50.8 Å². The van der Waals surface area contributed by atoms with Gasteiger partial charge in [-0.15, -0.1) is 0 Å². The Labute approximate surface area is 215 Å². The van der Waals surface area contributed by atoms with Crippen LogP contribution in [0.15, 0.2) is 54.7 Å². The van der Waals surface area contributed by atoms with Gasteiger partial charge in [-0.3, -0.25) is 4.79 Å². The molecule has 37 heavy (non-hydrogen) atoms. The third-order valence-electron chi connectivity index (χ3n) is 6.72. The molecular formula is C27H21ClF3N5O. The minimum absolute atomic E-state index is 0.209. The van der Waals surface area contributed by atoms with Crippen molar-refractivity contribution in [1.82, 2.24) is 19.9 Å². The van der Waals surface area contributed by atoms with Crippen molar-refractivity contribution < 1.29 is 18.0 Å². The normalized spacial score (nSPS) is 15.0. The maximum Gasteiger partial charge on any atom is 0.416 e. The summed E-state index contributed by atoms with van der Waals surface area (Å²) >= 11 is 6.47. The number of amides is 1. The Hall–Kier alpha value is -3.90. The molecule has 1 aliphatic carbocycles. The molecule has 1 amide bonds. The maximum atomic E-state index is 13.4. The second kappa shape index (κ2) is 9.20. The molecule has 0 radical (unpaired) electrons. The molecule has 0 spiro atoms. The number of carbonyl (C=O) groups excluding carboxylic acids is 1. The van der Waals surface area contributed by atoms with Gasteiger partial charge in [-0.25, -0.2) is 9.50 Å². The first kappa shape index (κ1) is 24.8. The van der Waals surface area contributed by atoms with Crippen molar-refractivity contribution in [3.05, 3.63) is 76.6 Å². The number of carbonyl (C=O) groups is 1. The Balaban J connectivity index is 1.71. The number of benzene rings is 2. The molecular weight excluding hydrogens is 503 g/mol. The molecule has 2 heterocycles. The van der Waals surface area contributed by atoms with Crippen molar-refractivity contribution in [2.24, 2.45) is 0 Å². The SMILES string of the molecule is Cc1nn2c(-c3ccc(C(F)(F)F)cc3)c(-c3ccccc3Cl)cnc2c1C(=O)NC1(C#N)CCCC1. The molecule has 1 N–H and O–H groups in total. The van der Waals surface area contributed by atoms with Crippen molar-refractivity contribution in [3.63, 3.8) is 0 Å². The van der Waals surface area contributed by atoms with Crippen LogP contribution < -0.4 is 5.32 Å². The summed E-state index contributed by atoms with van der Waals surface area (Å²) in [4.78, 5) is 17.9. The molecule has 2 aromatic carbocycles. The van der Waals surface area contributed by atoms with Crippen LogP contribution in [-0.4, -0.2) is 26.0 Å². The Bertz CT molecular complexity index is 1550. The summed E-state index contributed by atoms with van der Waals surface area (Å²) in [6.07, 6.45) is -0.125. The zero-order chi connectivity index (χ0) is 26.4. The largest absolute Gasteiger partial charge is 0.416 e. The Morgan fingerprint density at radius 3 is 2.41 bits per heavy atom. The van der Waals surface area contributed by atoms with Gasteiger partial charge in [-0.1, -0.05) is 41.9 Å². The molecule has 2 aromatic heterocycles. The Morgan fingerprint density at radius 2 is 1.78 bits per heavy atom. The minimum Gasteiger partial charge on any atom is -0.334 e. The fourth-order valence-electron chi connectivity index (χ4n) is 4.85. The highest BCUT2D eigenvalue weighted by Gasteiger charge is 2.37. The van der Waals surface area contributed by atoms with E-state index in [1.54, 1.807) is 31.2 Å². The smallest absolute Gasteiger partial charge is 0.334 e. The predicted molar refractivity (Wildman–Crippen MR) is 133 cm³/mol. The van der Waals surface area contributed by atoms with E-state index in [1.165, 1.54) is 22.8 Å². The number of hydrogen-bond donors (Lipinski definition) is 1. The van der Waals surface area contributed by atoms with E-state index in [0.29, 0.717) is 45.9 Å². The fraction of sp³-hybridized carbons (Fsp3) is 0.259. The summed E-state index contributed by atoms with van der Waals surface area (Å²) in [6.45, 7) is 1.66. The van der Waals surface area contributed by atoms with Gasteiger partial charge in [-0.2, -0.15) is 23.5 Å². The van der Waals surface area contributed by atoms with Crippen LogP contribution in [0, 0.1) is 18.3 Å². The Morgan fingerprint density at radius 1 is 1.11 bits per heavy atom. The van der Waals surface area contributed by atoms with Crippen LogP contribution in [0.1, 0.15) is 47.3 Å². The number of rotatable bonds is 4. The average molecular weight is 524 g/mol. The molecule has 188 valence electrons. The number of fused-ring (bicyclic) bond motifs is 1. The third kappa shape index (κ3) is 4.42. The molecule has 1 saturated carbocycles. The molecule has 1 fully saturated rings. The molecule has 6 nitrogen and oxygen atoms in total. The van der Waals surface area contributed by atoms with E-state index in [0.717, 1.165) is 25.0 Å². The van der Waals surface area contributed by atoms with Crippen molar-refractivity contribution in [2.75, 3.05) is 0 Å². The summed E-state index contributed by atoms with van der Waals surface area (Å²) < 4.78 is 41.2. The number of nitrogens with zero attached hydrogens (tertiary/aromatic N) is 4. The van der Waals surface area contributed by atoms with E-state index < -0.39 is 23.2 Å². The number of halogens is 4. The van der Waals surface area contributed by atoms with Gasteiger partial charge in [0.15, 0.2) is 5.65 Å². The highest BCUT2D eigenvalue weighted by Crippen LogP contribution is 2.38. The first-order chi connectivity index (χ1) is 17.6. The van der Waals surface area contributed by atoms with Gasteiger partial charge in [0.05, 0.1) is 23.0 Å². The lowest BCUT2D eigenvalue weighted by Gasteiger charge is -2.21. The summed E-state index contributed by atoms with van der Waals surface area (Å²) in [6, 6.07) is 14.0. The van der Waals surface area contributed by atoms with Crippen molar-refractivity contribution in [3.8, 4) is 28.5 Å². The predicted octanol–water partition coefficient (Wildman–Crippen LogP) is 6.61. The first-order valence-corrected chi connectivity index (χ1v) is 12.1. The van der Waals surface area contributed by atoms with Crippen molar-refractivity contribution in [2.45, 2.75) is 44.3 Å². The summed E-state index contributed by atoms with van der Waals surface area (Å²) in [5.74, 6) is -0.465. The third-order valence-corrected chi connectivity index (χ3v) is 7.05. The molecule has 4 aromatic rings. The molecule has 0 atom stereocenters. The highest BCUT2D eigenvalue weighted by molar-refractivity contribution is 6.33. The van der Waals surface area contributed by atoms with Gasteiger partial charge >= 0.3 is 6.18 Å². The van der Waals surface area contributed by atoms with E-state index in [2.05, 4.69) is 21.5 Å². The van der Waals surface area contributed by atoms with Gasteiger partial charge in [0.1, 0.15) is 11.1 Å². The van der Waals surface area contributed by atoms with Crippen LogP contribution in [-0.2, 0) is 6.18 Å². The van der Waals surface area contributed by atoms with Crippen LogP contribution in [0.25, 0.3) is 28.0 Å². The van der Waals surface area contributed by atoms with Crippen molar-refractivity contribution >= 4 is 23.2 Å². The molecule has 10 heteroatoms.